The van der Waals surface area contributed by atoms with Crippen molar-refractivity contribution in [1.29, 1.82) is 0 Å². The van der Waals surface area contributed by atoms with Crippen molar-refractivity contribution in [3.8, 4) is 0 Å². The number of piperidine rings is 1. The third-order valence-corrected chi connectivity index (χ3v) is 4.30. The van der Waals surface area contributed by atoms with Crippen LogP contribution in [0.5, 0.6) is 0 Å². The van der Waals surface area contributed by atoms with E-state index in [1.165, 1.54) is 0 Å². The number of pyridine rings is 1. The highest BCUT2D eigenvalue weighted by Crippen LogP contribution is 2.21. The van der Waals surface area contributed by atoms with E-state index in [9.17, 15) is 9.59 Å². The first kappa shape index (κ1) is 17.4. The first-order chi connectivity index (χ1) is 11.0. The SMILES string of the molecule is COCCN(C)C(=O)[C@@H]1CCCN(C(=O)c2cccnc2C)C1. The Bertz CT molecular complexity index is 562. The molecule has 0 N–H and O–H groups in total. The highest BCUT2D eigenvalue weighted by Gasteiger charge is 2.30. The fourth-order valence-electron chi connectivity index (χ4n) is 2.89. The second-order valence-corrected chi connectivity index (χ2v) is 5.98. The van der Waals surface area contributed by atoms with Crippen molar-refractivity contribution < 1.29 is 14.3 Å². The van der Waals surface area contributed by atoms with Crippen molar-refractivity contribution in [3.05, 3.63) is 29.6 Å². The fourth-order valence-corrected chi connectivity index (χ4v) is 2.89. The predicted octanol–water partition coefficient (Wildman–Crippen LogP) is 1.35. The summed E-state index contributed by atoms with van der Waals surface area (Å²) in [6.45, 7) is 4.09. The average molecular weight is 319 g/mol. The molecule has 6 nitrogen and oxygen atoms in total. The minimum Gasteiger partial charge on any atom is -0.383 e. The molecule has 2 amide bonds. The molecule has 0 aliphatic carbocycles. The minimum atomic E-state index is -0.133. The maximum Gasteiger partial charge on any atom is 0.255 e. The van der Waals surface area contributed by atoms with Gasteiger partial charge in [0.15, 0.2) is 0 Å². The smallest absolute Gasteiger partial charge is 0.255 e. The molecule has 1 saturated heterocycles. The van der Waals surface area contributed by atoms with Crippen molar-refractivity contribution in [2.75, 3.05) is 40.4 Å². The molecule has 1 fully saturated rings. The average Bonchev–Trinajstić information content (AvgIpc) is 2.59. The van der Waals surface area contributed by atoms with Crippen LogP contribution in [0.2, 0.25) is 0 Å². The topological polar surface area (TPSA) is 62.7 Å². The molecule has 0 aromatic carbocycles. The number of nitrogens with zero attached hydrogens (tertiary/aromatic N) is 3. The van der Waals surface area contributed by atoms with Gasteiger partial charge in [-0.2, -0.15) is 0 Å². The van der Waals surface area contributed by atoms with E-state index in [1.54, 1.807) is 42.3 Å². The van der Waals surface area contributed by atoms with E-state index in [0.29, 0.717) is 31.8 Å². The summed E-state index contributed by atoms with van der Waals surface area (Å²) in [5.74, 6) is -0.0818. The number of carbonyl (C=O) groups is 2. The van der Waals surface area contributed by atoms with Gasteiger partial charge < -0.3 is 14.5 Å². The second-order valence-electron chi connectivity index (χ2n) is 5.98. The van der Waals surface area contributed by atoms with Gasteiger partial charge in [0.2, 0.25) is 5.91 Å². The Balaban J connectivity index is 2.02. The first-order valence-electron chi connectivity index (χ1n) is 7.99. The van der Waals surface area contributed by atoms with Gasteiger partial charge in [0, 0.05) is 45.7 Å². The largest absolute Gasteiger partial charge is 0.383 e. The van der Waals surface area contributed by atoms with Crippen LogP contribution in [0.3, 0.4) is 0 Å². The summed E-state index contributed by atoms with van der Waals surface area (Å²) in [4.78, 5) is 32.8. The van der Waals surface area contributed by atoms with E-state index < -0.39 is 0 Å². The second kappa shape index (κ2) is 8.06. The molecule has 2 heterocycles. The Labute approximate surface area is 137 Å². The zero-order valence-electron chi connectivity index (χ0n) is 14.1. The summed E-state index contributed by atoms with van der Waals surface area (Å²) in [5, 5.41) is 0. The highest BCUT2D eigenvalue weighted by molar-refractivity contribution is 5.95. The monoisotopic (exact) mass is 319 g/mol. The Morgan fingerprint density at radius 1 is 1.48 bits per heavy atom. The number of ether oxygens (including phenoxy) is 1. The Morgan fingerprint density at radius 3 is 2.96 bits per heavy atom. The molecule has 1 aromatic rings. The summed E-state index contributed by atoms with van der Waals surface area (Å²) in [7, 11) is 3.41. The summed E-state index contributed by atoms with van der Waals surface area (Å²) in [6.07, 6.45) is 3.35. The quantitative estimate of drug-likeness (QED) is 0.822. The van der Waals surface area contributed by atoms with Crippen molar-refractivity contribution in [2.24, 2.45) is 5.92 Å². The number of rotatable bonds is 5. The lowest BCUT2D eigenvalue weighted by Gasteiger charge is -2.34. The molecule has 0 bridgehead atoms. The molecule has 0 saturated carbocycles. The highest BCUT2D eigenvalue weighted by atomic mass is 16.5. The fraction of sp³-hybridized carbons (Fsp3) is 0.588. The lowest BCUT2D eigenvalue weighted by atomic mass is 9.96. The molecular weight excluding hydrogens is 294 g/mol. The normalized spacial score (nSPS) is 17.9. The number of likely N-dealkylation sites (N-methyl/N-ethyl adjacent to an activating group) is 1. The maximum absolute atomic E-state index is 12.7. The van der Waals surface area contributed by atoms with E-state index in [1.807, 2.05) is 6.92 Å². The van der Waals surface area contributed by atoms with Gasteiger partial charge in [-0.3, -0.25) is 14.6 Å². The zero-order valence-corrected chi connectivity index (χ0v) is 14.1. The van der Waals surface area contributed by atoms with Crippen molar-refractivity contribution in [2.45, 2.75) is 19.8 Å². The van der Waals surface area contributed by atoms with Crippen LogP contribution in [-0.4, -0.2) is 67.0 Å². The number of hydrogen-bond acceptors (Lipinski definition) is 4. The molecule has 1 aliphatic rings. The number of hydrogen-bond donors (Lipinski definition) is 0. The molecule has 0 spiro atoms. The van der Waals surface area contributed by atoms with E-state index in [2.05, 4.69) is 4.98 Å². The molecule has 1 aromatic heterocycles. The van der Waals surface area contributed by atoms with Crippen LogP contribution in [0.1, 0.15) is 28.9 Å². The van der Waals surface area contributed by atoms with Gasteiger partial charge >= 0.3 is 0 Å². The number of carbonyl (C=O) groups excluding carboxylic acids is 2. The van der Waals surface area contributed by atoms with Gasteiger partial charge in [-0.25, -0.2) is 0 Å². The van der Waals surface area contributed by atoms with Gasteiger partial charge in [-0.15, -0.1) is 0 Å². The molecule has 0 radical (unpaired) electrons. The lowest BCUT2D eigenvalue weighted by molar-refractivity contribution is -0.136. The van der Waals surface area contributed by atoms with Crippen molar-refractivity contribution in [3.63, 3.8) is 0 Å². The minimum absolute atomic E-state index is 0.0346. The first-order valence-corrected chi connectivity index (χ1v) is 7.99. The van der Waals surface area contributed by atoms with Crippen LogP contribution in [0.15, 0.2) is 18.3 Å². The summed E-state index contributed by atoms with van der Waals surface area (Å²) < 4.78 is 5.01. The molecule has 6 heteroatoms. The number of methoxy groups -OCH3 is 1. The third kappa shape index (κ3) is 4.28. The van der Waals surface area contributed by atoms with Crippen LogP contribution in [0.25, 0.3) is 0 Å². The van der Waals surface area contributed by atoms with Gasteiger partial charge in [0.05, 0.1) is 18.1 Å². The van der Waals surface area contributed by atoms with Crippen LogP contribution >= 0.6 is 0 Å². The Hall–Kier alpha value is -1.95. The van der Waals surface area contributed by atoms with E-state index in [0.717, 1.165) is 18.5 Å². The van der Waals surface area contributed by atoms with Crippen LogP contribution in [0, 0.1) is 12.8 Å². The zero-order chi connectivity index (χ0) is 16.8. The molecule has 1 atom stereocenters. The van der Waals surface area contributed by atoms with E-state index in [-0.39, 0.29) is 17.7 Å². The third-order valence-electron chi connectivity index (χ3n) is 4.30. The molecule has 2 rings (SSSR count). The number of likely N-dealkylation sites (tertiary alicyclic amines) is 1. The predicted molar refractivity (Wildman–Crippen MR) is 87.1 cm³/mol. The van der Waals surface area contributed by atoms with Gasteiger partial charge in [-0.1, -0.05) is 0 Å². The van der Waals surface area contributed by atoms with Crippen LogP contribution < -0.4 is 0 Å². The van der Waals surface area contributed by atoms with Crippen molar-refractivity contribution in [1.82, 2.24) is 14.8 Å². The number of aromatic nitrogens is 1. The number of amides is 2. The lowest BCUT2D eigenvalue weighted by Crippen LogP contribution is -2.46. The van der Waals surface area contributed by atoms with Gasteiger partial charge in [0.1, 0.15) is 0 Å². The molecule has 1 aliphatic heterocycles. The van der Waals surface area contributed by atoms with E-state index in [4.69, 9.17) is 4.74 Å². The summed E-state index contributed by atoms with van der Waals surface area (Å²) in [6, 6.07) is 3.56. The van der Waals surface area contributed by atoms with Gasteiger partial charge in [0.25, 0.3) is 5.91 Å². The summed E-state index contributed by atoms with van der Waals surface area (Å²) >= 11 is 0. The van der Waals surface area contributed by atoms with Crippen LogP contribution in [-0.2, 0) is 9.53 Å². The molecular formula is C17H25N3O3. The Morgan fingerprint density at radius 2 is 2.26 bits per heavy atom. The maximum atomic E-state index is 12.7. The van der Waals surface area contributed by atoms with Crippen molar-refractivity contribution >= 4 is 11.8 Å². The van der Waals surface area contributed by atoms with E-state index >= 15 is 0 Å². The van der Waals surface area contributed by atoms with Crippen LogP contribution in [0.4, 0.5) is 0 Å². The summed E-state index contributed by atoms with van der Waals surface area (Å²) in [5.41, 5.74) is 1.34. The van der Waals surface area contributed by atoms with Gasteiger partial charge in [-0.05, 0) is 31.9 Å². The molecule has 0 unspecified atom stereocenters. The number of aryl methyl sites for hydroxylation is 1. The standard InChI is InChI=1S/C17H25N3O3/c1-13-15(7-4-8-18-13)17(22)20-9-5-6-14(12-20)16(21)19(2)10-11-23-3/h4,7-8,14H,5-6,9-12H2,1-3H3/t14-/m1/s1. The Kier molecular flexibility index (Phi) is 6.10. The molecule has 126 valence electrons. The molecule has 23 heavy (non-hydrogen) atoms.